The van der Waals surface area contributed by atoms with Gasteiger partial charge in [-0.3, -0.25) is 9.36 Å². The smallest absolute Gasteiger partial charge is 0.261 e. The summed E-state index contributed by atoms with van der Waals surface area (Å²) in [6.07, 6.45) is 5.46. The van der Waals surface area contributed by atoms with Crippen molar-refractivity contribution in [3.05, 3.63) is 76.7 Å². The van der Waals surface area contributed by atoms with Crippen LogP contribution in [0.15, 0.2) is 59.9 Å². The van der Waals surface area contributed by atoms with Crippen LogP contribution in [0.1, 0.15) is 11.3 Å². The molecule has 0 amide bonds. The van der Waals surface area contributed by atoms with E-state index in [1.807, 2.05) is 60.1 Å². The number of aromatic nitrogens is 4. The molecule has 5 heteroatoms. The first-order valence-electron chi connectivity index (χ1n) is 7.09. The minimum atomic E-state index is -0.0363. The van der Waals surface area contributed by atoms with Gasteiger partial charge in [0.05, 0.1) is 29.5 Å². The third kappa shape index (κ3) is 2.07. The Labute approximate surface area is 126 Å². The van der Waals surface area contributed by atoms with E-state index < -0.39 is 0 Å². The minimum absolute atomic E-state index is 0.0363. The normalized spacial score (nSPS) is 11.3. The molecule has 0 saturated carbocycles. The van der Waals surface area contributed by atoms with Crippen molar-refractivity contribution in [2.24, 2.45) is 0 Å². The summed E-state index contributed by atoms with van der Waals surface area (Å²) < 4.78 is 3.54. The van der Waals surface area contributed by atoms with Gasteiger partial charge in [-0.25, -0.2) is 9.97 Å². The van der Waals surface area contributed by atoms with Gasteiger partial charge in [0.2, 0.25) is 0 Å². The molecule has 0 radical (unpaired) electrons. The highest BCUT2D eigenvalue weighted by Crippen LogP contribution is 2.10. The molecule has 1 aromatic carbocycles. The number of nitrogens with zero attached hydrogens (tertiary/aromatic N) is 4. The van der Waals surface area contributed by atoms with Gasteiger partial charge in [0.25, 0.3) is 5.56 Å². The SMILES string of the molecule is Cc1ccc2ncn(Cc3cn4ccccc4n3)c(=O)c2c1. The molecule has 3 aromatic heterocycles. The maximum Gasteiger partial charge on any atom is 0.261 e. The Kier molecular flexibility index (Phi) is 2.79. The van der Waals surface area contributed by atoms with E-state index in [-0.39, 0.29) is 5.56 Å². The Bertz CT molecular complexity index is 1010. The van der Waals surface area contributed by atoms with Gasteiger partial charge in [-0.15, -0.1) is 0 Å². The van der Waals surface area contributed by atoms with Crippen LogP contribution in [0.25, 0.3) is 16.6 Å². The topological polar surface area (TPSA) is 52.2 Å². The van der Waals surface area contributed by atoms with E-state index in [2.05, 4.69) is 9.97 Å². The molecule has 0 N–H and O–H groups in total. The Hall–Kier alpha value is -2.95. The molecule has 108 valence electrons. The highest BCUT2D eigenvalue weighted by atomic mass is 16.1. The molecule has 0 spiro atoms. The van der Waals surface area contributed by atoms with Crippen molar-refractivity contribution >= 4 is 16.6 Å². The zero-order valence-corrected chi connectivity index (χ0v) is 12.1. The summed E-state index contributed by atoms with van der Waals surface area (Å²) >= 11 is 0. The van der Waals surface area contributed by atoms with Crippen molar-refractivity contribution in [3.63, 3.8) is 0 Å². The average Bonchev–Trinajstić information content (AvgIpc) is 2.93. The van der Waals surface area contributed by atoms with Gasteiger partial charge >= 0.3 is 0 Å². The van der Waals surface area contributed by atoms with Crippen LogP contribution in [0.2, 0.25) is 0 Å². The van der Waals surface area contributed by atoms with Crippen molar-refractivity contribution in [3.8, 4) is 0 Å². The predicted octanol–water partition coefficient (Wildman–Crippen LogP) is 2.40. The first-order chi connectivity index (χ1) is 10.7. The van der Waals surface area contributed by atoms with Gasteiger partial charge in [0, 0.05) is 12.4 Å². The molecule has 0 aliphatic rings. The molecule has 0 aliphatic heterocycles. The summed E-state index contributed by atoms with van der Waals surface area (Å²) in [6, 6.07) is 11.5. The van der Waals surface area contributed by atoms with Crippen LogP contribution in [-0.2, 0) is 6.54 Å². The summed E-state index contributed by atoms with van der Waals surface area (Å²) in [7, 11) is 0. The van der Waals surface area contributed by atoms with Crippen molar-refractivity contribution < 1.29 is 0 Å². The largest absolute Gasteiger partial charge is 0.307 e. The standard InChI is InChI=1S/C17H14N4O/c1-12-5-6-15-14(8-12)17(22)21(11-18-15)10-13-9-20-7-3-2-4-16(20)19-13/h2-9,11H,10H2,1H3. The Balaban J connectivity index is 1.80. The van der Waals surface area contributed by atoms with E-state index in [0.29, 0.717) is 11.9 Å². The highest BCUT2D eigenvalue weighted by molar-refractivity contribution is 5.77. The van der Waals surface area contributed by atoms with Crippen molar-refractivity contribution in [2.75, 3.05) is 0 Å². The van der Waals surface area contributed by atoms with Crippen LogP contribution in [0.3, 0.4) is 0 Å². The molecule has 0 aliphatic carbocycles. The minimum Gasteiger partial charge on any atom is -0.307 e. The van der Waals surface area contributed by atoms with Gasteiger partial charge < -0.3 is 4.40 Å². The van der Waals surface area contributed by atoms with Gasteiger partial charge in [0.15, 0.2) is 0 Å². The second-order valence-electron chi connectivity index (χ2n) is 5.40. The second-order valence-corrected chi connectivity index (χ2v) is 5.40. The van der Waals surface area contributed by atoms with Gasteiger partial charge in [-0.1, -0.05) is 17.7 Å². The van der Waals surface area contributed by atoms with Gasteiger partial charge in [-0.2, -0.15) is 0 Å². The molecule has 0 unspecified atom stereocenters. The molecular weight excluding hydrogens is 276 g/mol. The third-order valence-corrected chi connectivity index (χ3v) is 3.73. The van der Waals surface area contributed by atoms with Crippen LogP contribution in [0.4, 0.5) is 0 Å². The first-order valence-corrected chi connectivity index (χ1v) is 7.09. The molecule has 3 heterocycles. The maximum atomic E-state index is 12.6. The summed E-state index contributed by atoms with van der Waals surface area (Å²) in [6.45, 7) is 2.38. The number of imidazole rings is 1. The number of aryl methyl sites for hydroxylation is 1. The van der Waals surface area contributed by atoms with E-state index in [4.69, 9.17) is 0 Å². The second kappa shape index (κ2) is 4.80. The van der Waals surface area contributed by atoms with Crippen LogP contribution in [-0.4, -0.2) is 18.9 Å². The molecule has 0 bridgehead atoms. The zero-order chi connectivity index (χ0) is 15.1. The number of rotatable bonds is 2. The van der Waals surface area contributed by atoms with Crippen LogP contribution < -0.4 is 5.56 Å². The first kappa shape index (κ1) is 12.8. The molecule has 4 rings (SSSR count). The molecular formula is C17H14N4O. The van der Waals surface area contributed by atoms with Gasteiger partial charge in [0.1, 0.15) is 5.65 Å². The van der Waals surface area contributed by atoms with Crippen molar-refractivity contribution in [1.82, 2.24) is 18.9 Å². The van der Waals surface area contributed by atoms with E-state index in [1.54, 1.807) is 10.9 Å². The van der Waals surface area contributed by atoms with Crippen LogP contribution in [0.5, 0.6) is 0 Å². The van der Waals surface area contributed by atoms with Crippen molar-refractivity contribution in [2.45, 2.75) is 13.5 Å². The maximum absolute atomic E-state index is 12.6. The fourth-order valence-corrected chi connectivity index (χ4v) is 2.62. The van der Waals surface area contributed by atoms with Crippen molar-refractivity contribution in [1.29, 1.82) is 0 Å². The predicted molar refractivity (Wildman–Crippen MR) is 85.0 cm³/mol. The third-order valence-electron chi connectivity index (χ3n) is 3.73. The summed E-state index contributed by atoms with van der Waals surface area (Å²) in [5, 5.41) is 0.645. The average molecular weight is 290 g/mol. The quantitative estimate of drug-likeness (QED) is 0.569. The van der Waals surface area contributed by atoms with E-state index in [0.717, 1.165) is 22.4 Å². The van der Waals surface area contributed by atoms with Crippen LogP contribution >= 0.6 is 0 Å². The number of fused-ring (bicyclic) bond motifs is 2. The van der Waals surface area contributed by atoms with Crippen LogP contribution in [0, 0.1) is 6.92 Å². The zero-order valence-electron chi connectivity index (χ0n) is 12.1. The number of hydrogen-bond donors (Lipinski definition) is 0. The fraction of sp³-hybridized carbons (Fsp3) is 0.118. The number of benzene rings is 1. The summed E-state index contributed by atoms with van der Waals surface area (Å²) in [5.74, 6) is 0. The highest BCUT2D eigenvalue weighted by Gasteiger charge is 2.07. The lowest BCUT2D eigenvalue weighted by atomic mass is 10.2. The van der Waals surface area contributed by atoms with E-state index in [1.165, 1.54) is 0 Å². The fourth-order valence-electron chi connectivity index (χ4n) is 2.62. The summed E-state index contributed by atoms with van der Waals surface area (Å²) in [4.78, 5) is 21.5. The Morgan fingerprint density at radius 2 is 2.09 bits per heavy atom. The van der Waals surface area contributed by atoms with E-state index >= 15 is 0 Å². The molecule has 0 atom stereocenters. The lowest BCUT2D eigenvalue weighted by Crippen LogP contribution is -2.21. The number of pyridine rings is 1. The van der Waals surface area contributed by atoms with E-state index in [9.17, 15) is 4.79 Å². The monoisotopic (exact) mass is 290 g/mol. The lowest BCUT2D eigenvalue weighted by molar-refractivity contribution is 0.734. The molecule has 0 saturated heterocycles. The molecule has 5 nitrogen and oxygen atoms in total. The summed E-state index contributed by atoms with van der Waals surface area (Å²) in [5.41, 5.74) is 3.45. The molecule has 22 heavy (non-hydrogen) atoms. The van der Waals surface area contributed by atoms with Gasteiger partial charge in [-0.05, 0) is 31.2 Å². The number of hydrogen-bond acceptors (Lipinski definition) is 3. The molecule has 4 aromatic rings. The lowest BCUT2D eigenvalue weighted by Gasteiger charge is -2.05. The molecule has 0 fully saturated rings. The Morgan fingerprint density at radius 3 is 2.95 bits per heavy atom. The Morgan fingerprint density at radius 1 is 1.18 bits per heavy atom.